The molecular formula is C11H18ClN3O2. The third-order valence-electron chi connectivity index (χ3n) is 2.65. The molecule has 1 unspecified atom stereocenters. The molecule has 0 saturated heterocycles. The molecule has 0 aliphatic rings. The molecule has 0 fully saturated rings. The lowest BCUT2D eigenvalue weighted by Crippen LogP contribution is -2.50. The van der Waals surface area contributed by atoms with Gasteiger partial charge in [0.05, 0.1) is 18.3 Å². The normalized spacial score (nSPS) is 14.4. The van der Waals surface area contributed by atoms with Crippen LogP contribution >= 0.6 is 11.6 Å². The van der Waals surface area contributed by atoms with Gasteiger partial charge >= 0.3 is 5.97 Å². The molecule has 1 atom stereocenters. The number of esters is 1. The number of aromatic nitrogens is 2. The quantitative estimate of drug-likeness (QED) is 0.786. The second kappa shape index (κ2) is 6.02. The molecule has 6 heteroatoms. The molecule has 0 aliphatic carbocycles. The molecule has 1 rings (SSSR count). The van der Waals surface area contributed by atoms with Crippen molar-refractivity contribution in [1.82, 2.24) is 15.1 Å². The Morgan fingerprint density at radius 1 is 1.71 bits per heavy atom. The third kappa shape index (κ3) is 3.71. The lowest BCUT2D eigenvalue weighted by Gasteiger charge is -2.27. The summed E-state index contributed by atoms with van der Waals surface area (Å²) in [4.78, 5) is 11.7. The van der Waals surface area contributed by atoms with Crippen molar-refractivity contribution in [3.8, 4) is 0 Å². The molecule has 0 radical (unpaired) electrons. The van der Waals surface area contributed by atoms with Crippen LogP contribution in [0, 0.1) is 0 Å². The van der Waals surface area contributed by atoms with Gasteiger partial charge in [0.25, 0.3) is 0 Å². The van der Waals surface area contributed by atoms with Crippen LogP contribution in [0.3, 0.4) is 0 Å². The van der Waals surface area contributed by atoms with Gasteiger partial charge in [-0.05, 0) is 19.9 Å². The monoisotopic (exact) mass is 259 g/mol. The summed E-state index contributed by atoms with van der Waals surface area (Å²) >= 11 is 5.77. The van der Waals surface area contributed by atoms with E-state index in [2.05, 4.69) is 10.4 Å². The van der Waals surface area contributed by atoms with E-state index in [0.717, 1.165) is 0 Å². The van der Waals surface area contributed by atoms with Gasteiger partial charge in [-0.3, -0.25) is 9.48 Å². The largest absolute Gasteiger partial charge is 0.468 e. The van der Waals surface area contributed by atoms with Gasteiger partial charge in [0.2, 0.25) is 0 Å². The van der Waals surface area contributed by atoms with Gasteiger partial charge in [-0.1, -0.05) is 18.5 Å². The van der Waals surface area contributed by atoms with Crippen molar-refractivity contribution in [3.63, 3.8) is 0 Å². The molecule has 0 aliphatic heterocycles. The summed E-state index contributed by atoms with van der Waals surface area (Å²) in [6.45, 7) is 5.08. The van der Waals surface area contributed by atoms with E-state index in [1.54, 1.807) is 17.1 Å². The number of ether oxygens (including phenoxy) is 1. The second-order valence-corrected chi connectivity index (χ2v) is 4.46. The zero-order valence-electron chi connectivity index (χ0n) is 10.4. The number of hydrogen-bond acceptors (Lipinski definition) is 4. The first-order valence-corrected chi connectivity index (χ1v) is 5.91. The number of aryl methyl sites for hydroxylation is 1. The minimum absolute atomic E-state index is 0.266. The summed E-state index contributed by atoms with van der Waals surface area (Å²) < 4.78 is 6.51. The minimum atomic E-state index is -0.693. The maximum atomic E-state index is 11.7. The van der Waals surface area contributed by atoms with Gasteiger partial charge in [-0.2, -0.15) is 5.10 Å². The predicted octanol–water partition coefficient (Wildman–Crippen LogP) is 1.47. The first kappa shape index (κ1) is 14.0. The molecule has 0 aromatic carbocycles. The molecule has 1 heterocycles. The average molecular weight is 260 g/mol. The maximum absolute atomic E-state index is 11.7. The smallest absolute Gasteiger partial charge is 0.325 e. The van der Waals surface area contributed by atoms with Crippen LogP contribution in [-0.2, 0) is 16.1 Å². The summed E-state index contributed by atoms with van der Waals surface area (Å²) in [7, 11) is 1.39. The van der Waals surface area contributed by atoms with Crippen LogP contribution in [0.2, 0.25) is 5.02 Å². The van der Waals surface area contributed by atoms with E-state index in [-0.39, 0.29) is 5.97 Å². The number of nitrogens with zero attached hydrogens (tertiary/aromatic N) is 2. The average Bonchev–Trinajstić information content (AvgIpc) is 2.72. The number of carbonyl (C=O) groups is 1. The van der Waals surface area contributed by atoms with Crippen molar-refractivity contribution in [2.75, 3.05) is 13.7 Å². The van der Waals surface area contributed by atoms with Gasteiger partial charge in [-0.25, -0.2) is 0 Å². The number of carbonyl (C=O) groups excluding carboxylic acids is 1. The van der Waals surface area contributed by atoms with Crippen LogP contribution in [0.4, 0.5) is 0 Å². The molecule has 1 N–H and O–H groups in total. The number of hydrogen-bond donors (Lipinski definition) is 1. The first-order chi connectivity index (χ1) is 8.01. The van der Waals surface area contributed by atoms with Crippen molar-refractivity contribution >= 4 is 17.6 Å². The Balaban J connectivity index is 2.64. The second-order valence-electron chi connectivity index (χ2n) is 4.03. The van der Waals surface area contributed by atoms with Crippen molar-refractivity contribution in [1.29, 1.82) is 0 Å². The summed E-state index contributed by atoms with van der Waals surface area (Å²) in [5.74, 6) is -0.266. The van der Waals surface area contributed by atoms with E-state index in [1.807, 2.05) is 13.8 Å². The fraction of sp³-hybridized carbons (Fsp3) is 0.636. The number of halogens is 1. The summed E-state index contributed by atoms with van der Waals surface area (Å²) in [5, 5.41) is 7.80. The Hall–Kier alpha value is -1.07. The van der Waals surface area contributed by atoms with E-state index in [4.69, 9.17) is 16.3 Å². The van der Waals surface area contributed by atoms with Crippen LogP contribution in [0.1, 0.15) is 20.3 Å². The van der Waals surface area contributed by atoms with Crippen LogP contribution in [0.25, 0.3) is 0 Å². The Bertz CT molecular complexity index is 381. The van der Waals surface area contributed by atoms with Crippen molar-refractivity contribution < 1.29 is 9.53 Å². The highest BCUT2D eigenvalue weighted by Gasteiger charge is 2.33. The Labute approximate surface area is 106 Å². The summed E-state index contributed by atoms with van der Waals surface area (Å²) in [5.41, 5.74) is -0.693. The van der Waals surface area contributed by atoms with Crippen molar-refractivity contribution in [2.45, 2.75) is 32.4 Å². The van der Waals surface area contributed by atoms with E-state index in [0.29, 0.717) is 24.5 Å². The van der Waals surface area contributed by atoms with Crippen molar-refractivity contribution in [2.24, 2.45) is 0 Å². The number of methoxy groups -OCH3 is 1. The molecule has 0 spiro atoms. The Morgan fingerprint density at radius 2 is 2.41 bits per heavy atom. The predicted molar refractivity (Wildman–Crippen MR) is 66.0 cm³/mol. The highest BCUT2D eigenvalue weighted by atomic mass is 35.5. The van der Waals surface area contributed by atoms with Gasteiger partial charge in [-0.15, -0.1) is 0 Å². The van der Waals surface area contributed by atoms with Gasteiger partial charge in [0.15, 0.2) is 0 Å². The lowest BCUT2D eigenvalue weighted by atomic mass is 9.98. The molecule has 1 aromatic heterocycles. The molecule has 1 aromatic rings. The van der Waals surface area contributed by atoms with Crippen LogP contribution < -0.4 is 5.32 Å². The molecular weight excluding hydrogens is 242 g/mol. The molecule has 96 valence electrons. The standard InChI is InChI=1S/C11H18ClN3O2/c1-4-13-11(2,10(16)17-3)5-6-15-8-9(12)7-14-15/h7-8,13H,4-6H2,1-3H3. The fourth-order valence-electron chi connectivity index (χ4n) is 1.68. The molecule has 5 nitrogen and oxygen atoms in total. The number of rotatable bonds is 6. The Morgan fingerprint density at radius 3 is 2.88 bits per heavy atom. The number of nitrogens with one attached hydrogen (secondary N) is 1. The van der Waals surface area contributed by atoms with Crippen LogP contribution in [-0.4, -0.2) is 34.9 Å². The van der Waals surface area contributed by atoms with Gasteiger partial charge in [0, 0.05) is 12.7 Å². The fourth-order valence-corrected chi connectivity index (χ4v) is 1.83. The zero-order valence-corrected chi connectivity index (χ0v) is 11.1. The molecule has 0 saturated carbocycles. The maximum Gasteiger partial charge on any atom is 0.325 e. The molecule has 17 heavy (non-hydrogen) atoms. The minimum Gasteiger partial charge on any atom is -0.468 e. The summed E-state index contributed by atoms with van der Waals surface area (Å²) in [6.07, 6.45) is 3.89. The van der Waals surface area contributed by atoms with E-state index < -0.39 is 5.54 Å². The van der Waals surface area contributed by atoms with Gasteiger partial charge < -0.3 is 10.1 Å². The van der Waals surface area contributed by atoms with E-state index >= 15 is 0 Å². The Kier molecular flexibility index (Phi) is 4.96. The van der Waals surface area contributed by atoms with E-state index in [9.17, 15) is 4.79 Å². The van der Waals surface area contributed by atoms with Crippen molar-refractivity contribution in [3.05, 3.63) is 17.4 Å². The zero-order chi connectivity index (χ0) is 12.9. The highest BCUT2D eigenvalue weighted by molar-refractivity contribution is 6.30. The third-order valence-corrected chi connectivity index (χ3v) is 2.84. The first-order valence-electron chi connectivity index (χ1n) is 5.53. The lowest BCUT2D eigenvalue weighted by molar-refractivity contribution is -0.148. The SMILES string of the molecule is CCNC(C)(CCn1cc(Cl)cn1)C(=O)OC. The van der Waals surface area contributed by atoms with Gasteiger partial charge in [0.1, 0.15) is 5.54 Å². The van der Waals surface area contributed by atoms with E-state index in [1.165, 1.54) is 7.11 Å². The molecule has 0 amide bonds. The number of likely N-dealkylation sites (N-methyl/N-ethyl adjacent to an activating group) is 1. The molecule has 0 bridgehead atoms. The summed E-state index contributed by atoms with van der Waals surface area (Å²) in [6, 6.07) is 0. The van der Waals surface area contributed by atoms with Crippen LogP contribution in [0.15, 0.2) is 12.4 Å². The highest BCUT2D eigenvalue weighted by Crippen LogP contribution is 2.14. The van der Waals surface area contributed by atoms with Crippen LogP contribution in [0.5, 0.6) is 0 Å². The topological polar surface area (TPSA) is 56.2 Å².